The minimum Gasteiger partial charge on any atom is -0.300 e. The van der Waals surface area contributed by atoms with Crippen molar-refractivity contribution in [2.45, 2.75) is 19.8 Å². The molecule has 0 aromatic carbocycles. The first kappa shape index (κ1) is 11.2. The number of ketones is 1. The van der Waals surface area contributed by atoms with Crippen LogP contribution in [-0.4, -0.2) is 26.7 Å². The maximum Gasteiger partial charge on any atom is 0.133 e. The molecular weight excluding hydrogens is 202 g/mol. The zero-order chi connectivity index (χ0) is 10.6. The predicted octanol–water partition coefficient (Wildman–Crippen LogP) is 1.19. The molecule has 0 aliphatic rings. The van der Waals surface area contributed by atoms with Gasteiger partial charge in [-0.3, -0.25) is 9.48 Å². The number of alkyl halides is 1. The summed E-state index contributed by atoms with van der Waals surface area (Å²) in [5.74, 6) is 0.644. The second-order valence-electron chi connectivity index (χ2n) is 3.37. The van der Waals surface area contributed by atoms with Crippen LogP contribution in [0.3, 0.4) is 0 Å². The maximum absolute atomic E-state index is 11.2. The highest BCUT2D eigenvalue weighted by molar-refractivity contribution is 6.18. The lowest BCUT2D eigenvalue weighted by molar-refractivity contribution is -0.120. The summed E-state index contributed by atoms with van der Waals surface area (Å²) < 4.78 is 1.63. The van der Waals surface area contributed by atoms with Crippen molar-refractivity contribution in [2.75, 3.05) is 5.88 Å². The quantitative estimate of drug-likeness (QED) is 0.694. The van der Waals surface area contributed by atoms with Crippen molar-refractivity contribution in [1.29, 1.82) is 0 Å². The molecule has 1 rings (SSSR count). The number of carbonyl (C=O) groups excluding carboxylic acids is 1. The van der Waals surface area contributed by atoms with Gasteiger partial charge in [-0.1, -0.05) is 5.21 Å². The molecule has 1 aromatic rings. The summed E-state index contributed by atoms with van der Waals surface area (Å²) in [5, 5.41) is 7.75. The second kappa shape index (κ2) is 5.10. The molecule has 0 aliphatic carbocycles. The van der Waals surface area contributed by atoms with E-state index in [9.17, 15) is 4.79 Å². The lowest BCUT2D eigenvalue weighted by atomic mass is 9.97. The highest BCUT2D eigenvalue weighted by atomic mass is 35.5. The zero-order valence-electron chi connectivity index (χ0n) is 8.40. The van der Waals surface area contributed by atoms with Gasteiger partial charge in [0.1, 0.15) is 5.78 Å². The molecule has 1 atom stereocenters. The molecule has 1 heterocycles. The van der Waals surface area contributed by atoms with Crippen molar-refractivity contribution in [3.05, 3.63) is 11.9 Å². The van der Waals surface area contributed by atoms with E-state index in [1.807, 2.05) is 6.20 Å². The van der Waals surface area contributed by atoms with Gasteiger partial charge in [0.05, 0.1) is 5.69 Å². The SMILES string of the molecule is CC(=O)C(CCCl)Cc1cn(C)nn1. The molecule has 0 saturated carbocycles. The largest absolute Gasteiger partial charge is 0.300 e. The highest BCUT2D eigenvalue weighted by Crippen LogP contribution is 2.12. The van der Waals surface area contributed by atoms with Gasteiger partial charge in [0.2, 0.25) is 0 Å². The fourth-order valence-corrected chi connectivity index (χ4v) is 1.59. The van der Waals surface area contributed by atoms with Crippen molar-refractivity contribution in [1.82, 2.24) is 15.0 Å². The molecule has 0 spiro atoms. The molecule has 5 heteroatoms. The van der Waals surface area contributed by atoms with Crippen LogP contribution < -0.4 is 0 Å². The molecule has 1 unspecified atom stereocenters. The van der Waals surface area contributed by atoms with Crippen LogP contribution in [0.5, 0.6) is 0 Å². The minimum absolute atomic E-state index is 0.0239. The van der Waals surface area contributed by atoms with Gasteiger partial charge < -0.3 is 0 Å². The van der Waals surface area contributed by atoms with Crippen LogP contribution in [0.2, 0.25) is 0 Å². The second-order valence-corrected chi connectivity index (χ2v) is 3.75. The first-order chi connectivity index (χ1) is 6.63. The molecule has 0 bridgehead atoms. The third-order valence-electron chi connectivity index (χ3n) is 2.14. The standard InChI is InChI=1S/C9H14ClN3O/c1-7(14)8(3-4-10)5-9-6-13(2)12-11-9/h6,8H,3-5H2,1-2H3. The number of hydrogen-bond acceptors (Lipinski definition) is 3. The summed E-state index contributed by atoms with van der Waals surface area (Å²) >= 11 is 5.62. The molecule has 4 nitrogen and oxygen atoms in total. The van der Waals surface area contributed by atoms with Crippen LogP contribution in [0.25, 0.3) is 0 Å². The van der Waals surface area contributed by atoms with Gasteiger partial charge in [0, 0.05) is 31.5 Å². The number of carbonyl (C=O) groups is 1. The van der Waals surface area contributed by atoms with Crippen molar-refractivity contribution in [2.24, 2.45) is 13.0 Å². The Hall–Kier alpha value is -0.900. The Morgan fingerprint density at radius 3 is 2.86 bits per heavy atom. The van der Waals surface area contributed by atoms with E-state index in [0.717, 1.165) is 5.69 Å². The molecule has 1 aromatic heterocycles. The Labute approximate surface area is 88.2 Å². The fraction of sp³-hybridized carbons (Fsp3) is 0.667. The average molecular weight is 216 g/mol. The van der Waals surface area contributed by atoms with Gasteiger partial charge in [0.25, 0.3) is 0 Å². The minimum atomic E-state index is -0.0239. The summed E-state index contributed by atoms with van der Waals surface area (Å²) in [6, 6.07) is 0. The van der Waals surface area contributed by atoms with Crippen LogP contribution >= 0.6 is 11.6 Å². The number of aromatic nitrogens is 3. The molecule has 0 radical (unpaired) electrons. The molecule has 0 aliphatic heterocycles. The predicted molar refractivity (Wildman–Crippen MR) is 54.2 cm³/mol. The van der Waals surface area contributed by atoms with Crippen LogP contribution in [0.1, 0.15) is 19.0 Å². The number of hydrogen-bond donors (Lipinski definition) is 0. The van der Waals surface area contributed by atoms with Crippen molar-refractivity contribution in [3.8, 4) is 0 Å². The number of rotatable bonds is 5. The Morgan fingerprint density at radius 2 is 2.43 bits per heavy atom. The van der Waals surface area contributed by atoms with Crippen molar-refractivity contribution >= 4 is 17.4 Å². The Morgan fingerprint density at radius 1 is 1.71 bits per heavy atom. The molecule has 78 valence electrons. The van der Waals surface area contributed by atoms with E-state index in [4.69, 9.17) is 11.6 Å². The zero-order valence-corrected chi connectivity index (χ0v) is 9.16. The van der Waals surface area contributed by atoms with E-state index >= 15 is 0 Å². The van der Waals surface area contributed by atoms with E-state index in [2.05, 4.69) is 10.3 Å². The van der Waals surface area contributed by atoms with Gasteiger partial charge >= 0.3 is 0 Å². The molecule has 14 heavy (non-hydrogen) atoms. The maximum atomic E-state index is 11.2. The van der Waals surface area contributed by atoms with Crippen LogP contribution in [0.4, 0.5) is 0 Å². The summed E-state index contributed by atoms with van der Waals surface area (Å²) in [5.41, 5.74) is 0.845. The number of aryl methyl sites for hydroxylation is 1. The molecule has 0 amide bonds. The normalized spacial score (nSPS) is 12.8. The Kier molecular flexibility index (Phi) is 4.07. The van der Waals surface area contributed by atoms with E-state index in [0.29, 0.717) is 18.7 Å². The van der Waals surface area contributed by atoms with Gasteiger partial charge in [0.15, 0.2) is 0 Å². The van der Waals surface area contributed by atoms with E-state index < -0.39 is 0 Å². The van der Waals surface area contributed by atoms with Gasteiger partial charge in [-0.25, -0.2) is 0 Å². The van der Waals surface area contributed by atoms with E-state index in [1.54, 1.807) is 18.7 Å². The third-order valence-corrected chi connectivity index (χ3v) is 2.36. The fourth-order valence-electron chi connectivity index (χ4n) is 1.32. The molecule has 0 fully saturated rings. The van der Waals surface area contributed by atoms with Gasteiger partial charge in [-0.2, -0.15) is 0 Å². The smallest absolute Gasteiger partial charge is 0.133 e. The van der Waals surface area contributed by atoms with E-state index in [1.165, 1.54) is 0 Å². The topological polar surface area (TPSA) is 47.8 Å². The lowest BCUT2D eigenvalue weighted by Crippen LogP contribution is -2.14. The monoisotopic (exact) mass is 215 g/mol. The number of nitrogens with zero attached hydrogens (tertiary/aromatic N) is 3. The number of Topliss-reactive ketones (excluding diaryl/α,β-unsaturated/α-hetero) is 1. The molecule has 0 saturated heterocycles. The Balaban J connectivity index is 2.59. The van der Waals surface area contributed by atoms with Crippen LogP contribution in [0.15, 0.2) is 6.20 Å². The summed E-state index contributed by atoms with van der Waals surface area (Å²) in [6.45, 7) is 1.59. The third kappa shape index (κ3) is 3.10. The van der Waals surface area contributed by atoms with Crippen LogP contribution in [0, 0.1) is 5.92 Å². The first-order valence-electron chi connectivity index (χ1n) is 4.55. The van der Waals surface area contributed by atoms with Gasteiger partial charge in [-0.15, -0.1) is 16.7 Å². The van der Waals surface area contributed by atoms with Crippen LogP contribution in [-0.2, 0) is 18.3 Å². The summed E-state index contributed by atoms with van der Waals surface area (Å²) in [6.07, 6.45) is 3.16. The summed E-state index contributed by atoms with van der Waals surface area (Å²) in [7, 11) is 1.81. The van der Waals surface area contributed by atoms with E-state index in [-0.39, 0.29) is 11.7 Å². The summed E-state index contributed by atoms with van der Waals surface area (Å²) in [4.78, 5) is 11.2. The van der Waals surface area contributed by atoms with Crippen molar-refractivity contribution < 1.29 is 4.79 Å². The van der Waals surface area contributed by atoms with Crippen molar-refractivity contribution in [3.63, 3.8) is 0 Å². The average Bonchev–Trinajstić information content (AvgIpc) is 2.50. The molecule has 0 N–H and O–H groups in total. The number of halogens is 1. The Bertz CT molecular complexity index is 311. The first-order valence-corrected chi connectivity index (χ1v) is 5.08. The lowest BCUT2D eigenvalue weighted by Gasteiger charge is -2.08. The molecular formula is C9H14ClN3O. The highest BCUT2D eigenvalue weighted by Gasteiger charge is 2.15. The van der Waals surface area contributed by atoms with Gasteiger partial charge in [-0.05, 0) is 13.3 Å².